The second-order valence-electron chi connectivity index (χ2n) is 7.39. The highest BCUT2D eigenvalue weighted by atomic mass is 19.4. The maximum atomic E-state index is 14.6. The van der Waals surface area contributed by atoms with Crippen molar-refractivity contribution >= 4 is 11.9 Å². The van der Waals surface area contributed by atoms with Crippen molar-refractivity contribution in [2.45, 2.75) is 18.3 Å². The lowest BCUT2D eigenvalue weighted by atomic mass is 9.81. The first-order valence-electron chi connectivity index (χ1n) is 9.89. The van der Waals surface area contributed by atoms with Crippen molar-refractivity contribution < 1.29 is 41.7 Å². The van der Waals surface area contributed by atoms with Crippen LogP contribution in [0.25, 0.3) is 0 Å². The van der Waals surface area contributed by atoms with Gasteiger partial charge in [0, 0.05) is 18.2 Å². The van der Waals surface area contributed by atoms with Crippen molar-refractivity contribution in [3.63, 3.8) is 0 Å². The van der Waals surface area contributed by atoms with Gasteiger partial charge in [-0.15, -0.1) is 13.2 Å². The van der Waals surface area contributed by atoms with E-state index in [0.29, 0.717) is 5.75 Å². The predicted octanol–water partition coefficient (Wildman–Crippen LogP) is 4.27. The molecule has 0 spiro atoms. The minimum absolute atomic E-state index is 0.0146. The summed E-state index contributed by atoms with van der Waals surface area (Å²) in [5.41, 5.74) is -1.27. The number of fused-ring (bicyclic) bond motifs is 1. The van der Waals surface area contributed by atoms with Crippen molar-refractivity contribution in [1.82, 2.24) is 10.3 Å². The van der Waals surface area contributed by atoms with Crippen LogP contribution in [0.2, 0.25) is 0 Å². The minimum Gasteiger partial charge on any atom is -0.491 e. The first-order chi connectivity index (χ1) is 16.1. The Kier molecular flexibility index (Phi) is 5.86. The number of carboxylic acids is 1. The largest absolute Gasteiger partial charge is 0.573 e. The number of aromatic nitrogens is 1. The van der Waals surface area contributed by atoms with Crippen molar-refractivity contribution in [2.75, 3.05) is 6.61 Å². The summed E-state index contributed by atoms with van der Waals surface area (Å²) >= 11 is 0. The number of hydrogen-bond donors (Lipinski definition) is 2. The van der Waals surface area contributed by atoms with Gasteiger partial charge in [-0.3, -0.25) is 9.78 Å². The number of amides is 1. The normalized spacial score (nSPS) is 17.3. The van der Waals surface area contributed by atoms with Gasteiger partial charge in [-0.2, -0.15) is 0 Å². The quantitative estimate of drug-likeness (QED) is 0.534. The highest BCUT2D eigenvalue weighted by Crippen LogP contribution is 2.42. The minimum atomic E-state index is -5.09. The maximum Gasteiger partial charge on any atom is 0.573 e. The van der Waals surface area contributed by atoms with E-state index >= 15 is 0 Å². The summed E-state index contributed by atoms with van der Waals surface area (Å²) in [4.78, 5) is 28.8. The van der Waals surface area contributed by atoms with Crippen molar-refractivity contribution in [3.05, 3.63) is 89.0 Å². The molecule has 0 radical (unpaired) electrons. The number of benzene rings is 2. The molecule has 11 heteroatoms. The average molecular weight is 476 g/mol. The lowest BCUT2D eigenvalue weighted by molar-refractivity contribution is -0.275. The number of nitrogens with one attached hydrogen (secondary N) is 1. The molecule has 0 fully saturated rings. The van der Waals surface area contributed by atoms with Crippen molar-refractivity contribution in [2.24, 2.45) is 0 Å². The number of halogens is 4. The average Bonchev–Trinajstić information content (AvgIpc) is 2.80. The van der Waals surface area contributed by atoms with E-state index in [4.69, 9.17) is 4.74 Å². The summed E-state index contributed by atoms with van der Waals surface area (Å²) in [6.45, 7) is 0.0799. The van der Waals surface area contributed by atoms with Gasteiger partial charge in [0.1, 0.15) is 17.0 Å². The predicted molar refractivity (Wildman–Crippen MR) is 109 cm³/mol. The fourth-order valence-electron chi connectivity index (χ4n) is 3.77. The molecule has 2 heterocycles. The Morgan fingerprint density at radius 1 is 1.09 bits per heavy atom. The van der Waals surface area contributed by atoms with E-state index in [9.17, 15) is 32.3 Å². The van der Waals surface area contributed by atoms with Crippen LogP contribution in [-0.2, 0) is 5.54 Å². The first kappa shape index (κ1) is 23.0. The van der Waals surface area contributed by atoms with Crippen molar-refractivity contribution in [3.8, 4) is 11.5 Å². The van der Waals surface area contributed by atoms with Crippen LogP contribution in [0.1, 0.15) is 38.4 Å². The zero-order valence-electron chi connectivity index (χ0n) is 17.2. The Morgan fingerprint density at radius 3 is 2.56 bits per heavy atom. The molecule has 0 bridgehead atoms. The second kappa shape index (κ2) is 8.65. The van der Waals surface area contributed by atoms with Gasteiger partial charge in [0.05, 0.1) is 12.2 Å². The molecule has 1 aromatic heterocycles. The van der Waals surface area contributed by atoms with Crippen LogP contribution in [0, 0.1) is 5.82 Å². The van der Waals surface area contributed by atoms with Crippen molar-refractivity contribution in [1.29, 1.82) is 0 Å². The molecule has 2 aromatic carbocycles. The number of alkyl halides is 3. The summed E-state index contributed by atoms with van der Waals surface area (Å²) < 4.78 is 61.7. The highest BCUT2D eigenvalue weighted by molar-refractivity contribution is 5.98. The fraction of sp³-hybridized carbons (Fsp3) is 0.174. The van der Waals surface area contributed by atoms with Gasteiger partial charge < -0.3 is 19.9 Å². The number of pyridine rings is 1. The third-order valence-corrected chi connectivity index (χ3v) is 5.26. The molecule has 0 aliphatic carbocycles. The van der Waals surface area contributed by atoms with Crippen LogP contribution >= 0.6 is 0 Å². The Bertz CT molecular complexity index is 1260. The Balaban J connectivity index is 1.80. The molecule has 4 rings (SSSR count). The molecule has 3 aromatic rings. The standard InChI is InChI=1S/C23H16F4N2O5/c24-16-12-15(6-7-17(16)34-23(25,26)27)22(8-10-33-18-5-2-9-28-19(18)22)29-20(30)13-3-1-4-14(11-13)21(31)32/h1-7,9,11-12H,8,10H2,(H,29,30)(H,31,32)/t22-/m0/s1. The molecule has 1 amide bonds. The molecule has 1 aliphatic rings. The molecule has 176 valence electrons. The lowest BCUT2D eigenvalue weighted by Crippen LogP contribution is -2.50. The SMILES string of the molecule is O=C(O)c1cccc(C(=O)N[C@]2(c3ccc(OC(F)(F)F)c(F)c3)CCOc3cccnc32)c1. The van der Waals surface area contributed by atoms with Crippen LogP contribution in [0.4, 0.5) is 17.6 Å². The van der Waals surface area contributed by atoms with E-state index in [1.807, 2.05) is 0 Å². The van der Waals surface area contributed by atoms with Gasteiger partial charge in [-0.25, -0.2) is 9.18 Å². The summed E-state index contributed by atoms with van der Waals surface area (Å²) in [5.74, 6) is -3.95. The number of hydrogen-bond acceptors (Lipinski definition) is 5. The van der Waals surface area contributed by atoms with E-state index in [2.05, 4.69) is 15.0 Å². The number of carbonyl (C=O) groups excluding carboxylic acids is 1. The van der Waals surface area contributed by atoms with Gasteiger partial charge in [-0.1, -0.05) is 12.1 Å². The monoisotopic (exact) mass is 476 g/mol. The van der Waals surface area contributed by atoms with E-state index in [-0.39, 0.29) is 35.4 Å². The Morgan fingerprint density at radius 2 is 1.85 bits per heavy atom. The first-order valence-corrected chi connectivity index (χ1v) is 9.89. The van der Waals surface area contributed by atoms with Crippen LogP contribution in [0.3, 0.4) is 0 Å². The molecular formula is C23H16F4N2O5. The van der Waals surface area contributed by atoms with E-state index in [1.165, 1.54) is 36.5 Å². The number of nitrogens with zero attached hydrogens (tertiary/aromatic N) is 1. The van der Waals surface area contributed by atoms with Gasteiger partial charge in [0.15, 0.2) is 11.6 Å². The third-order valence-electron chi connectivity index (χ3n) is 5.26. The summed E-state index contributed by atoms with van der Waals surface area (Å²) in [5, 5.41) is 12.0. The maximum absolute atomic E-state index is 14.6. The number of carbonyl (C=O) groups is 2. The number of rotatable bonds is 5. The van der Waals surface area contributed by atoms with Gasteiger partial charge in [0.25, 0.3) is 5.91 Å². The second-order valence-corrected chi connectivity index (χ2v) is 7.39. The molecule has 1 atom stereocenters. The topological polar surface area (TPSA) is 97.8 Å². The number of carboxylic acid groups (broad SMARTS) is 1. The Hall–Kier alpha value is -4.15. The molecule has 0 saturated heterocycles. The van der Waals surface area contributed by atoms with Gasteiger partial charge in [-0.05, 0) is 48.0 Å². The molecule has 0 saturated carbocycles. The molecule has 0 unspecified atom stereocenters. The van der Waals surface area contributed by atoms with Crippen LogP contribution in [0.15, 0.2) is 60.8 Å². The third kappa shape index (κ3) is 4.49. The van der Waals surface area contributed by atoms with E-state index in [1.54, 1.807) is 12.1 Å². The van der Waals surface area contributed by atoms with Gasteiger partial charge in [0.2, 0.25) is 0 Å². The van der Waals surface area contributed by atoms with Crippen LogP contribution < -0.4 is 14.8 Å². The summed E-state index contributed by atoms with van der Waals surface area (Å²) in [6.07, 6.45) is -3.59. The fourth-order valence-corrected chi connectivity index (χ4v) is 3.77. The molecule has 1 aliphatic heterocycles. The smallest absolute Gasteiger partial charge is 0.491 e. The van der Waals surface area contributed by atoms with Crippen LogP contribution in [-0.4, -0.2) is 34.9 Å². The lowest BCUT2D eigenvalue weighted by Gasteiger charge is -2.39. The molecule has 34 heavy (non-hydrogen) atoms. The zero-order valence-corrected chi connectivity index (χ0v) is 17.2. The Labute approximate surface area is 190 Å². The van der Waals surface area contributed by atoms with E-state index < -0.39 is 35.3 Å². The number of aromatic carboxylic acids is 1. The van der Waals surface area contributed by atoms with Gasteiger partial charge >= 0.3 is 12.3 Å². The number of ether oxygens (including phenoxy) is 2. The molecule has 7 nitrogen and oxygen atoms in total. The highest BCUT2D eigenvalue weighted by Gasteiger charge is 2.43. The van der Waals surface area contributed by atoms with Crippen LogP contribution in [0.5, 0.6) is 11.5 Å². The summed E-state index contributed by atoms with van der Waals surface area (Å²) in [7, 11) is 0. The van der Waals surface area contributed by atoms with E-state index in [0.717, 1.165) is 12.1 Å². The summed E-state index contributed by atoms with van der Waals surface area (Å²) in [6, 6.07) is 11.3. The zero-order chi connectivity index (χ0) is 24.5. The molecule has 2 N–H and O–H groups in total. The molecular weight excluding hydrogens is 460 g/mol.